The van der Waals surface area contributed by atoms with Crippen molar-refractivity contribution in [1.29, 1.82) is 0 Å². The number of pyridine rings is 1. The van der Waals surface area contributed by atoms with E-state index in [0.717, 1.165) is 56.9 Å². The fraction of sp³-hybridized carbons (Fsp3) is 0.485. The fourth-order valence-electron chi connectivity index (χ4n) is 5.54. The fourth-order valence-corrected chi connectivity index (χ4v) is 5.78. The van der Waals surface area contributed by atoms with E-state index in [1.807, 2.05) is 48.3 Å². The van der Waals surface area contributed by atoms with E-state index in [9.17, 15) is 4.79 Å². The Labute approximate surface area is 250 Å². The van der Waals surface area contributed by atoms with Gasteiger partial charge in [0.15, 0.2) is 5.82 Å². The van der Waals surface area contributed by atoms with Crippen LogP contribution in [-0.4, -0.2) is 82.8 Å². The Morgan fingerprint density at radius 2 is 2.10 bits per heavy atom. The molecule has 1 amide bonds. The molecule has 0 bridgehead atoms. The van der Waals surface area contributed by atoms with Gasteiger partial charge >= 0.3 is 0 Å². The maximum atomic E-state index is 13.1. The summed E-state index contributed by atoms with van der Waals surface area (Å²) in [5.41, 5.74) is 6.44. The molecule has 2 heterocycles. The molecule has 41 heavy (non-hydrogen) atoms. The van der Waals surface area contributed by atoms with Crippen LogP contribution in [-0.2, 0) is 4.79 Å². The minimum absolute atomic E-state index is 0.0629. The highest BCUT2D eigenvalue weighted by Gasteiger charge is 2.26. The van der Waals surface area contributed by atoms with E-state index >= 15 is 0 Å². The Bertz CT molecular complexity index is 1250. The highest BCUT2D eigenvalue weighted by molar-refractivity contribution is 6.31. The summed E-state index contributed by atoms with van der Waals surface area (Å²) in [6, 6.07) is 5.55. The predicted molar refractivity (Wildman–Crippen MR) is 170 cm³/mol. The first-order valence-corrected chi connectivity index (χ1v) is 15.4. The first kappa shape index (κ1) is 30.5. The Balaban J connectivity index is 1.41. The number of nitrogens with zero attached hydrogens (tertiary/aromatic N) is 6. The van der Waals surface area contributed by atoms with E-state index in [4.69, 9.17) is 21.6 Å². The van der Waals surface area contributed by atoms with Crippen LogP contribution in [0.25, 0.3) is 0 Å². The van der Waals surface area contributed by atoms with Crippen LogP contribution >= 0.6 is 11.6 Å². The van der Waals surface area contributed by atoms with E-state index in [0.29, 0.717) is 23.9 Å². The Morgan fingerprint density at radius 3 is 2.78 bits per heavy atom. The second kappa shape index (κ2) is 15.6. The number of hydrogen-bond donors (Lipinski definition) is 0. The molecule has 2 unspecified atom stereocenters. The Kier molecular flexibility index (Phi) is 11.6. The largest absolute Gasteiger partial charge is 0.375 e. The van der Waals surface area contributed by atoms with Crippen molar-refractivity contribution in [2.75, 3.05) is 39.3 Å². The van der Waals surface area contributed by atoms with E-state index in [2.05, 4.69) is 40.4 Å². The monoisotopic (exact) mass is 574 g/mol. The van der Waals surface area contributed by atoms with Gasteiger partial charge < -0.3 is 14.7 Å². The SMILES string of the molecule is CCCCN(CC)C1=CCC(C(=Nc2ccccn2)C(C)N=CC(=O)N2CCN(C3=C(Cl)C=C=CC=C3)CC2)CC1. The second-order valence-corrected chi connectivity index (χ2v) is 11.1. The smallest absolute Gasteiger partial charge is 0.264 e. The second-order valence-electron chi connectivity index (χ2n) is 10.7. The average molecular weight is 575 g/mol. The number of amides is 1. The van der Waals surface area contributed by atoms with E-state index < -0.39 is 0 Å². The van der Waals surface area contributed by atoms with Crippen LogP contribution in [0, 0.1) is 5.92 Å². The summed E-state index contributed by atoms with van der Waals surface area (Å²) in [4.78, 5) is 33.9. The molecule has 7 nitrogen and oxygen atoms in total. The number of halogens is 1. The number of piperazine rings is 1. The molecule has 2 aliphatic carbocycles. The third kappa shape index (κ3) is 8.54. The van der Waals surface area contributed by atoms with Crippen molar-refractivity contribution in [3.63, 3.8) is 0 Å². The van der Waals surface area contributed by atoms with Gasteiger partial charge in [-0.3, -0.25) is 9.79 Å². The minimum atomic E-state index is -0.219. The molecular weight excluding hydrogens is 532 g/mol. The van der Waals surface area contributed by atoms with Gasteiger partial charge in [-0.1, -0.05) is 43.2 Å². The van der Waals surface area contributed by atoms with E-state index in [-0.39, 0.29) is 17.9 Å². The van der Waals surface area contributed by atoms with Gasteiger partial charge in [-0.15, -0.1) is 5.73 Å². The molecule has 1 saturated heterocycles. The summed E-state index contributed by atoms with van der Waals surface area (Å²) < 4.78 is 0. The minimum Gasteiger partial charge on any atom is -0.375 e. The van der Waals surface area contributed by atoms with Crippen LogP contribution in [0.5, 0.6) is 0 Å². The first-order valence-electron chi connectivity index (χ1n) is 15.0. The molecule has 3 aliphatic rings. The van der Waals surface area contributed by atoms with Crippen molar-refractivity contribution in [3.8, 4) is 0 Å². The van der Waals surface area contributed by atoms with Gasteiger partial charge in [-0.25, -0.2) is 9.98 Å². The van der Waals surface area contributed by atoms with Crippen LogP contribution in [0.3, 0.4) is 0 Å². The van der Waals surface area contributed by atoms with E-state index in [1.165, 1.54) is 24.8 Å². The topological polar surface area (TPSA) is 64.4 Å². The number of aromatic nitrogens is 1. The first-order chi connectivity index (χ1) is 20.0. The molecule has 8 heteroatoms. The zero-order valence-electron chi connectivity index (χ0n) is 24.7. The van der Waals surface area contributed by atoms with Gasteiger partial charge in [0, 0.05) is 68.9 Å². The van der Waals surface area contributed by atoms with Crippen molar-refractivity contribution in [1.82, 2.24) is 19.7 Å². The van der Waals surface area contributed by atoms with Gasteiger partial charge in [0.1, 0.15) is 0 Å². The summed E-state index contributed by atoms with van der Waals surface area (Å²) in [5.74, 6) is 0.892. The number of allylic oxidation sites excluding steroid dienone is 6. The molecule has 1 fully saturated rings. The lowest BCUT2D eigenvalue weighted by molar-refractivity contribution is -0.125. The number of rotatable bonds is 11. The molecule has 0 radical (unpaired) electrons. The normalized spacial score (nSPS) is 20.4. The van der Waals surface area contributed by atoms with Crippen LogP contribution in [0.1, 0.15) is 52.9 Å². The van der Waals surface area contributed by atoms with Gasteiger partial charge in [0.2, 0.25) is 0 Å². The molecule has 1 aromatic rings. The van der Waals surface area contributed by atoms with Crippen molar-refractivity contribution >= 4 is 35.3 Å². The van der Waals surface area contributed by atoms with Gasteiger partial charge in [0.05, 0.1) is 23.0 Å². The summed E-state index contributed by atoms with van der Waals surface area (Å²) in [5, 5.41) is 0.665. The summed E-state index contributed by atoms with van der Waals surface area (Å²) in [7, 11) is 0. The number of aliphatic imine (C=N–C) groups is 2. The quantitative estimate of drug-likeness (QED) is 0.230. The van der Waals surface area contributed by atoms with Crippen molar-refractivity contribution in [3.05, 3.63) is 76.9 Å². The standard InChI is InChI=1S/C33H43ClN6O/c1-4-6-20-38(5-2)28-17-15-27(16-18-28)33(37-31-14-10-11-19-35-31)26(3)36-25-32(41)40-23-21-39(22-24-40)30-13-9-7-8-12-29(30)34/h7,9-14,17,19,25-27H,4-6,15-16,18,20-24H2,1-3H3. The molecular formula is C33H43ClN6O. The maximum absolute atomic E-state index is 13.1. The molecule has 1 aliphatic heterocycles. The van der Waals surface area contributed by atoms with Crippen LogP contribution in [0.15, 0.2) is 86.9 Å². The molecule has 1 aromatic heterocycles. The molecule has 218 valence electrons. The highest BCUT2D eigenvalue weighted by Crippen LogP contribution is 2.30. The maximum Gasteiger partial charge on any atom is 0.264 e. The van der Waals surface area contributed by atoms with Crippen molar-refractivity contribution in [2.45, 2.75) is 58.9 Å². The Hall–Kier alpha value is -3.41. The lowest BCUT2D eigenvalue weighted by atomic mass is 9.85. The van der Waals surface area contributed by atoms with Crippen molar-refractivity contribution < 1.29 is 4.79 Å². The van der Waals surface area contributed by atoms with Crippen LogP contribution < -0.4 is 0 Å². The molecule has 0 saturated carbocycles. The number of hydrogen-bond acceptors (Lipinski definition) is 6. The summed E-state index contributed by atoms with van der Waals surface area (Å²) in [6.07, 6.45) is 18.6. The Morgan fingerprint density at radius 1 is 1.27 bits per heavy atom. The molecule has 0 aromatic carbocycles. The van der Waals surface area contributed by atoms with Crippen molar-refractivity contribution in [2.24, 2.45) is 15.9 Å². The molecule has 0 N–H and O–H groups in total. The van der Waals surface area contributed by atoms with E-state index in [1.54, 1.807) is 12.3 Å². The third-order valence-electron chi connectivity index (χ3n) is 7.94. The van der Waals surface area contributed by atoms with Crippen LogP contribution in [0.4, 0.5) is 5.82 Å². The summed E-state index contributed by atoms with van der Waals surface area (Å²) >= 11 is 6.43. The van der Waals surface area contributed by atoms with Gasteiger partial charge in [-0.05, 0) is 63.8 Å². The number of carbonyl (C=O) groups excluding carboxylic acids is 1. The van der Waals surface area contributed by atoms with Gasteiger partial charge in [0.25, 0.3) is 5.91 Å². The zero-order valence-corrected chi connectivity index (χ0v) is 25.4. The van der Waals surface area contributed by atoms with Gasteiger partial charge in [-0.2, -0.15) is 0 Å². The average Bonchev–Trinajstić information content (AvgIpc) is 3.24. The zero-order chi connectivity index (χ0) is 29.0. The summed E-state index contributed by atoms with van der Waals surface area (Å²) in [6.45, 7) is 11.3. The molecule has 2 atom stereocenters. The number of carbonyl (C=O) groups is 1. The number of unbranched alkanes of at least 4 members (excludes halogenated alkanes) is 1. The lowest BCUT2D eigenvalue weighted by Crippen LogP contribution is -2.48. The molecule has 4 rings (SSSR count). The van der Waals surface area contributed by atoms with Crippen LogP contribution in [0.2, 0.25) is 0 Å². The lowest BCUT2D eigenvalue weighted by Gasteiger charge is -2.36. The highest BCUT2D eigenvalue weighted by atomic mass is 35.5. The predicted octanol–water partition coefficient (Wildman–Crippen LogP) is 6.30. The third-order valence-corrected chi connectivity index (χ3v) is 8.24. The molecule has 0 spiro atoms.